The van der Waals surface area contributed by atoms with Gasteiger partial charge in [0.15, 0.2) is 5.78 Å². The van der Waals surface area contributed by atoms with Crippen LogP contribution in [0.4, 0.5) is 0 Å². The fourth-order valence-electron chi connectivity index (χ4n) is 2.13. The molecule has 1 aliphatic heterocycles. The van der Waals surface area contributed by atoms with Gasteiger partial charge >= 0.3 is 0 Å². The lowest BCUT2D eigenvalue weighted by Gasteiger charge is -2.07. The molecule has 2 nitrogen and oxygen atoms in total. The van der Waals surface area contributed by atoms with E-state index < -0.39 is 0 Å². The Morgan fingerprint density at radius 3 is 2.81 bits per heavy atom. The molecule has 1 aromatic carbocycles. The molecule has 0 N–H and O–H groups in total. The summed E-state index contributed by atoms with van der Waals surface area (Å²) in [7, 11) is 0. The van der Waals surface area contributed by atoms with Crippen molar-refractivity contribution in [2.24, 2.45) is 0 Å². The predicted octanol–water partition coefficient (Wildman–Crippen LogP) is 3.22. The molecule has 1 saturated heterocycles. The molecule has 2 heteroatoms. The van der Waals surface area contributed by atoms with Crippen molar-refractivity contribution in [3.05, 3.63) is 35.9 Å². The molecule has 1 aromatic rings. The zero-order valence-corrected chi connectivity index (χ0v) is 9.52. The predicted molar refractivity (Wildman–Crippen MR) is 63.6 cm³/mol. The number of carbonyl (C=O) groups is 1. The fourth-order valence-corrected chi connectivity index (χ4v) is 2.13. The Morgan fingerprint density at radius 1 is 1.31 bits per heavy atom. The van der Waals surface area contributed by atoms with Crippen LogP contribution in [0.1, 0.15) is 42.5 Å². The van der Waals surface area contributed by atoms with Crippen LogP contribution in [0, 0.1) is 0 Å². The van der Waals surface area contributed by atoms with Gasteiger partial charge in [-0.3, -0.25) is 4.79 Å². The summed E-state index contributed by atoms with van der Waals surface area (Å²) in [6.07, 6.45) is 5.36. The molecule has 0 bridgehead atoms. The van der Waals surface area contributed by atoms with E-state index in [9.17, 15) is 4.79 Å². The van der Waals surface area contributed by atoms with E-state index in [4.69, 9.17) is 4.74 Å². The maximum Gasteiger partial charge on any atom is 0.162 e. The molecule has 1 unspecified atom stereocenters. The van der Waals surface area contributed by atoms with E-state index in [0.29, 0.717) is 12.5 Å². The summed E-state index contributed by atoms with van der Waals surface area (Å²) in [6, 6.07) is 9.52. The summed E-state index contributed by atoms with van der Waals surface area (Å²) in [5, 5.41) is 0. The molecule has 1 aliphatic rings. The second kappa shape index (κ2) is 5.80. The van der Waals surface area contributed by atoms with Crippen LogP contribution in [0.3, 0.4) is 0 Å². The summed E-state index contributed by atoms with van der Waals surface area (Å²) >= 11 is 0. The van der Waals surface area contributed by atoms with Gasteiger partial charge in [-0.05, 0) is 25.7 Å². The van der Waals surface area contributed by atoms with E-state index in [1.165, 1.54) is 12.8 Å². The van der Waals surface area contributed by atoms with Crippen LogP contribution in [-0.4, -0.2) is 18.5 Å². The van der Waals surface area contributed by atoms with Gasteiger partial charge in [0.25, 0.3) is 0 Å². The van der Waals surface area contributed by atoms with Gasteiger partial charge in [0.1, 0.15) is 0 Å². The van der Waals surface area contributed by atoms with Gasteiger partial charge in [-0.1, -0.05) is 30.3 Å². The minimum atomic E-state index is 0.249. The summed E-state index contributed by atoms with van der Waals surface area (Å²) < 4.78 is 5.53. The quantitative estimate of drug-likeness (QED) is 0.709. The van der Waals surface area contributed by atoms with Crippen LogP contribution in [0.25, 0.3) is 0 Å². The maximum atomic E-state index is 11.8. The van der Waals surface area contributed by atoms with E-state index in [2.05, 4.69) is 0 Å². The second-order valence-corrected chi connectivity index (χ2v) is 4.32. The lowest BCUT2D eigenvalue weighted by atomic mass is 10.0. The smallest absolute Gasteiger partial charge is 0.162 e. The monoisotopic (exact) mass is 218 g/mol. The first kappa shape index (κ1) is 11.3. The van der Waals surface area contributed by atoms with E-state index >= 15 is 0 Å². The van der Waals surface area contributed by atoms with E-state index in [1.807, 2.05) is 30.3 Å². The van der Waals surface area contributed by atoms with E-state index in [1.54, 1.807) is 0 Å². The van der Waals surface area contributed by atoms with Gasteiger partial charge in [0.05, 0.1) is 6.10 Å². The van der Waals surface area contributed by atoms with Gasteiger partial charge in [-0.25, -0.2) is 0 Å². The average Bonchev–Trinajstić information content (AvgIpc) is 2.83. The van der Waals surface area contributed by atoms with Crippen LogP contribution < -0.4 is 0 Å². The molecule has 86 valence electrons. The Morgan fingerprint density at radius 2 is 2.12 bits per heavy atom. The minimum absolute atomic E-state index is 0.249. The molecule has 0 aliphatic carbocycles. The van der Waals surface area contributed by atoms with Crippen molar-refractivity contribution in [2.45, 2.75) is 38.2 Å². The zero-order valence-electron chi connectivity index (χ0n) is 9.52. The summed E-state index contributed by atoms with van der Waals surface area (Å²) in [6.45, 7) is 0.900. The molecule has 0 saturated carbocycles. The molecule has 0 radical (unpaired) electrons. The lowest BCUT2D eigenvalue weighted by molar-refractivity contribution is 0.0923. The highest BCUT2D eigenvalue weighted by molar-refractivity contribution is 5.95. The average molecular weight is 218 g/mol. The van der Waals surface area contributed by atoms with Crippen molar-refractivity contribution in [1.29, 1.82) is 0 Å². The van der Waals surface area contributed by atoms with Gasteiger partial charge in [0.2, 0.25) is 0 Å². The van der Waals surface area contributed by atoms with Crippen LogP contribution in [0.2, 0.25) is 0 Å². The van der Waals surface area contributed by atoms with Gasteiger partial charge in [-0.15, -0.1) is 0 Å². The topological polar surface area (TPSA) is 26.3 Å². The SMILES string of the molecule is O=C(CCCC1CCCO1)c1ccccc1. The third-order valence-electron chi connectivity index (χ3n) is 3.05. The second-order valence-electron chi connectivity index (χ2n) is 4.32. The van der Waals surface area contributed by atoms with Gasteiger partial charge < -0.3 is 4.74 Å². The molecule has 1 atom stereocenters. The highest BCUT2D eigenvalue weighted by Gasteiger charge is 2.15. The normalized spacial score (nSPS) is 19.9. The van der Waals surface area contributed by atoms with E-state index in [-0.39, 0.29) is 5.78 Å². The Balaban J connectivity index is 1.71. The largest absolute Gasteiger partial charge is 0.378 e. The number of hydrogen-bond acceptors (Lipinski definition) is 2. The van der Waals surface area contributed by atoms with Crippen LogP contribution in [-0.2, 0) is 4.74 Å². The molecule has 16 heavy (non-hydrogen) atoms. The minimum Gasteiger partial charge on any atom is -0.378 e. The third kappa shape index (κ3) is 3.17. The molecule has 0 spiro atoms. The number of hydrogen-bond donors (Lipinski definition) is 0. The van der Waals surface area contributed by atoms with Crippen molar-refractivity contribution in [1.82, 2.24) is 0 Å². The first-order valence-electron chi connectivity index (χ1n) is 6.06. The van der Waals surface area contributed by atoms with Crippen LogP contribution in [0.5, 0.6) is 0 Å². The molecular formula is C14H18O2. The van der Waals surface area contributed by atoms with Crippen molar-refractivity contribution >= 4 is 5.78 Å². The zero-order chi connectivity index (χ0) is 11.2. The summed E-state index contributed by atoms with van der Waals surface area (Å²) in [4.78, 5) is 11.8. The highest BCUT2D eigenvalue weighted by atomic mass is 16.5. The van der Waals surface area contributed by atoms with Crippen molar-refractivity contribution < 1.29 is 9.53 Å². The molecule has 1 fully saturated rings. The molecule has 1 heterocycles. The summed E-state index contributed by atoms with van der Waals surface area (Å²) in [5.74, 6) is 0.249. The summed E-state index contributed by atoms with van der Waals surface area (Å²) in [5.41, 5.74) is 0.829. The molecule has 0 aromatic heterocycles. The van der Waals surface area contributed by atoms with Crippen LogP contribution >= 0.6 is 0 Å². The third-order valence-corrected chi connectivity index (χ3v) is 3.05. The maximum absolute atomic E-state index is 11.8. The van der Waals surface area contributed by atoms with Crippen molar-refractivity contribution in [2.75, 3.05) is 6.61 Å². The first-order chi connectivity index (χ1) is 7.86. The molecule has 0 amide bonds. The van der Waals surface area contributed by atoms with E-state index in [0.717, 1.165) is 25.0 Å². The first-order valence-corrected chi connectivity index (χ1v) is 6.06. The Bertz CT molecular complexity index is 326. The lowest BCUT2D eigenvalue weighted by Crippen LogP contribution is -2.06. The van der Waals surface area contributed by atoms with Gasteiger partial charge in [0, 0.05) is 18.6 Å². The Hall–Kier alpha value is -1.15. The number of carbonyl (C=O) groups excluding carboxylic acids is 1. The number of rotatable bonds is 5. The number of Topliss-reactive ketones (excluding diaryl/α,β-unsaturated/α-hetero) is 1. The van der Waals surface area contributed by atoms with Gasteiger partial charge in [-0.2, -0.15) is 0 Å². The van der Waals surface area contributed by atoms with Crippen LogP contribution in [0.15, 0.2) is 30.3 Å². The molecular weight excluding hydrogens is 200 g/mol. The Labute approximate surface area is 96.6 Å². The Kier molecular flexibility index (Phi) is 4.11. The standard InChI is InChI=1S/C14H18O2/c15-14(12-6-2-1-3-7-12)10-4-8-13-9-5-11-16-13/h1-3,6-7,13H,4-5,8-11H2. The number of ether oxygens (including phenoxy) is 1. The molecule has 2 rings (SSSR count). The number of benzene rings is 1. The number of ketones is 1. The highest BCUT2D eigenvalue weighted by Crippen LogP contribution is 2.18. The van der Waals surface area contributed by atoms with Crippen molar-refractivity contribution in [3.63, 3.8) is 0 Å². The van der Waals surface area contributed by atoms with Crippen molar-refractivity contribution in [3.8, 4) is 0 Å². The fraction of sp³-hybridized carbons (Fsp3) is 0.500.